The molecular formula is C14H19FN2O. The molecule has 1 N–H and O–H groups in total. The largest absolute Gasteiger partial charge is 0.494 e. The van der Waals surface area contributed by atoms with Crippen LogP contribution in [0.15, 0.2) is 18.2 Å². The van der Waals surface area contributed by atoms with E-state index >= 15 is 0 Å². The lowest BCUT2D eigenvalue weighted by Crippen LogP contribution is -2.33. The van der Waals surface area contributed by atoms with Gasteiger partial charge in [0, 0.05) is 30.4 Å². The number of rotatable bonds is 3. The van der Waals surface area contributed by atoms with Crippen LogP contribution in [0.3, 0.4) is 0 Å². The highest BCUT2D eigenvalue weighted by atomic mass is 19.1. The summed E-state index contributed by atoms with van der Waals surface area (Å²) in [5.74, 6) is -0.00163. The summed E-state index contributed by atoms with van der Waals surface area (Å²) in [5, 5.41) is 3.53. The lowest BCUT2D eigenvalue weighted by molar-refractivity contribution is 0.318. The van der Waals surface area contributed by atoms with E-state index in [1.54, 1.807) is 12.1 Å². The van der Waals surface area contributed by atoms with Crippen LogP contribution in [0.25, 0.3) is 0 Å². The van der Waals surface area contributed by atoms with Crippen molar-refractivity contribution in [2.24, 2.45) is 0 Å². The van der Waals surface area contributed by atoms with Gasteiger partial charge in [0.05, 0.1) is 7.11 Å². The third kappa shape index (κ3) is 2.05. The van der Waals surface area contributed by atoms with Crippen molar-refractivity contribution in [3.8, 4) is 5.75 Å². The van der Waals surface area contributed by atoms with Crippen molar-refractivity contribution >= 4 is 5.69 Å². The van der Waals surface area contributed by atoms with E-state index < -0.39 is 0 Å². The van der Waals surface area contributed by atoms with Gasteiger partial charge < -0.3 is 10.1 Å². The Labute approximate surface area is 107 Å². The summed E-state index contributed by atoms with van der Waals surface area (Å²) in [6, 6.07) is 6.13. The molecule has 0 aliphatic carbocycles. The van der Waals surface area contributed by atoms with Crippen molar-refractivity contribution < 1.29 is 9.13 Å². The summed E-state index contributed by atoms with van der Waals surface area (Å²) in [7, 11) is 1.50. The van der Waals surface area contributed by atoms with Gasteiger partial charge in [-0.1, -0.05) is 0 Å². The molecule has 4 heteroatoms. The predicted molar refractivity (Wildman–Crippen MR) is 69.6 cm³/mol. The number of nitrogens with one attached hydrogen (secondary N) is 1. The van der Waals surface area contributed by atoms with Crippen molar-refractivity contribution in [3.05, 3.63) is 24.0 Å². The third-order valence-corrected chi connectivity index (χ3v) is 4.11. The Balaban J connectivity index is 1.72. The lowest BCUT2D eigenvalue weighted by atomic mass is 10.1. The van der Waals surface area contributed by atoms with Crippen molar-refractivity contribution in [3.63, 3.8) is 0 Å². The van der Waals surface area contributed by atoms with E-state index in [2.05, 4.69) is 10.2 Å². The summed E-state index contributed by atoms with van der Waals surface area (Å²) in [6.07, 6.45) is 3.75. The molecule has 2 fully saturated rings. The second kappa shape index (κ2) is 4.76. The van der Waals surface area contributed by atoms with Gasteiger partial charge in [-0.25, -0.2) is 4.39 Å². The maximum absolute atomic E-state index is 13.3. The van der Waals surface area contributed by atoms with Crippen LogP contribution < -0.4 is 10.1 Å². The van der Waals surface area contributed by atoms with Gasteiger partial charge in [0.25, 0.3) is 0 Å². The van der Waals surface area contributed by atoms with E-state index in [0.29, 0.717) is 17.8 Å². The number of fused-ring (bicyclic) bond motifs is 1. The fourth-order valence-electron chi connectivity index (χ4n) is 3.21. The maximum atomic E-state index is 13.3. The molecular weight excluding hydrogens is 231 g/mol. The van der Waals surface area contributed by atoms with Gasteiger partial charge in [-0.15, -0.1) is 0 Å². The minimum Gasteiger partial charge on any atom is -0.494 e. The van der Waals surface area contributed by atoms with Crippen molar-refractivity contribution in [2.45, 2.75) is 31.3 Å². The van der Waals surface area contributed by atoms with E-state index in [9.17, 15) is 4.39 Å². The van der Waals surface area contributed by atoms with Gasteiger partial charge in [-0.3, -0.25) is 4.90 Å². The van der Waals surface area contributed by atoms with E-state index in [1.165, 1.54) is 45.5 Å². The lowest BCUT2D eigenvalue weighted by Gasteiger charge is -2.22. The molecule has 2 heterocycles. The van der Waals surface area contributed by atoms with Crippen LogP contribution in [0.4, 0.5) is 10.1 Å². The first-order valence-electron chi connectivity index (χ1n) is 6.62. The maximum Gasteiger partial charge on any atom is 0.165 e. The number of ether oxygens (including phenoxy) is 1. The highest BCUT2D eigenvalue weighted by Gasteiger charge is 2.36. The number of hydrogen-bond donors (Lipinski definition) is 1. The minimum atomic E-state index is -0.308. The first kappa shape index (κ1) is 11.8. The minimum absolute atomic E-state index is 0.307. The quantitative estimate of drug-likeness (QED) is 0.892. The SMILES string of the molecule is COc1cc(NC2CCN3CCCC23)ccc1F. The van der Waals surface area contributed by atoms with Gasteiger partial charge in [0.1, 0.15) is 0 Å². The number of benzene rings is 1. The second-order valence-corrected chi connectivity index (χ2v) is 5.13. The molecule has 2 unspecified atom stereocenters. The highest BCUT2D eigenvalue weighted by molar-refractivity contribution is 5.50. The average molecular weight is 250 g/mol. The molecule has 18 heavy (non-hydrogen) atoms. The number of nitrogens with zero attached hydrogens (tertiary/aromatic N) is 1. The Bertz CT molecular complexity index is 438. The van der Waals surface area contributed by atoms with Gasteiger partial charge in [0.2, 0.25) is 0 Å². The fourth-order valence-corrected chi connectivity index (χ4v) is 3.21. The standard InChI is InChI=1S/C14H19FN2O/c1-18-14-9-10(4-5-11(14)15)16-12-6-8-17-7-2-3-13(12)17/h4-5,9,12-13,16H,2-3,6-8H2,1H3. The monoisotopic (exact) mass is 250 g/mol. The van der Waals surface area contributed by atoms with Crippen LogP contribution in [0.1, 0.15) is 19.3 Å². The molecule has 3 rings (SSSR count). The predicted octanol–water partition coefficient (Wildman–Crippen LogP) is 2.48. The Morgan fingerprint density at radius 3 is 3.06 bits per heavy atom. The van der Waals surface area contributed by atoms with E-state index in [-0.39, 0.29) is 5.82 Å². The van der Waals surface area contributed by atoms with Gasteiger partial charge in [-0.05, 0) is 37.9 Å². The fraction of sp³-hybridized carbons (Fsp3) is 0.571. The molecule has 0 bridgehead atoms. The molecule has 1 aromatic carbocycles. The zero-order valence-corrected chi connectivity index (χ0v) is 10.7. The van der Waals surface area contributed by atoms with Crippen LogP contribution >= 0.6 is 0 Å². The van der Waals surface area contributed by atoms with E-state index in [0.717, 1.165) is 5.69 Å². The van der Waals surface area contributed by atoms with Gasteiger partial charge in [0.15, 0.2) is 11.6 Å². The molecule has 2 saturated heterocycles. The van der Waals surface area contributed by atoms with E-state index in [1.807, 2.05) is 0 Å². The Morgan fingerprint density at radius 1 is 1.33 bits per heavy atom. The molecule has 1 aromatic rings. The summed E-state index contributed by atoms with van der Waals surface area (Å²) in [5.41, 5.74) is 0.951. The van der Waals surface area contributed by atoms with Crippen molar-refractivity contribution in [2.75, 3.05) is 25.5 Å². The third-order valence-electron chi connectivity index (χ3n) is 4.11. The summed E-state index contributed by atoms with van der Waals surface area (Å²) in [6.45, 7) is 2.41. The molecule has 0 spiro atoms. The van der Waals surface area contributed by atoms with Crippen molar-refractivity contribution in [1.29, 1.82) is 0 Å². The highest BCUT2D eigenvalue weighted by Crippen LogP contribution is 2.31. The second-order valence-electron chi connectivity index (χ2n) is 5.13. The molecule has 3 nitrogen and oxygen atoms in total. The Hall–Kier alpha value is -1.29. The molecule has 0 amide bonds. The van der Waals surface area contributed by atoms with Gasteiger partial charge >= 0.3 is 0 Å². The molecule has 2 aliphatic heterocycles. The average Bonchev–Trinajstić information content (AvgIpc) is 2.96. The van der Waals surface area contributed by atoms with Crippen LogP contribution in [-0.2, 0) is 0 Å². The Kier molecular flexibility index (Phi) is 3.12. The van der Waals surface area contributed by atoms with Crippen LogP contribution in [0.5, 0.6) is 5.75 Å². The van der Waals surface area contributed by atoms with Crippen LogP contribution in [0, 0.1) is 5.82 Å². The van der Waals surface area contributed by atoms with Gasteiger partial charge in [-0.2, -0.15) is 0 Å². The smallest absolute Gasteiger partial charge is 0.165 e. The number of methoxy groups -OCH3 is 1. The summed E-state index contributed by atoms with van der Waals surface area (Å²) < 4.78 is 18.3. The number of hydrogen-bond acceptors (Lipinski definition) is 3. The van der Waals surface area contributed by atoms with E-state index in [4.69, 9.17) is 4.74 Å². The first-order chi connectivity index (χ1) is 8.78. The zero-order valence-electron chi connectivity index (χ0n) is 10.7. The van der Waals surface area contributed by atoms with Crippen LogP contribution in [-0.4, -0.2) is 37.2 Å². The number of halogens is 1. The van der Waals surface area contributed by atoms with Crippen molar-refractivity contribution in [1.82, 2.24) is 4.90 Å². The normalized spacial score (nSPS) is 27.2. The van der Waals surface area contributed by atoms with Crippen LogP contribution in [0.2, 0.25) is 0 Å². The summed E-state index contributed by atoms with van der Waals surface area (Å²) in [4.78, 5) is 2.55. The zero-order chi connectivity index (χ0) is 12.5. The molecule has 0 radical (unpaired) electrons. The molecule has 98 valence electrons. The molecule has 0 aromatic heterocycles. The molecule has 2 aliphatic rings. The summed E-state index contributed by atoms with van der Waals surface area (Å²) >= 11 is 0. The first-order valence-corrected chi connectivity index (χ1v) is 6.62. The Morgan fingerprint density at radius 2 is 2.22 bits per heavy atom. The number of anilines is 1. The topological polar surface area (TPSA) is 24.5 Å². The molecule has 2 atom stereocenters. The molecule has 0 saturated carbocycles.